The third-order valence-electron chi connectivity index (χ3n) is 3.77. The summed E-state index contributed by atoms with van der Waals surface area (Å²) in [5.74, 6) is 0.0876. The van der Waals surface area contributed by atoms with Crippen molar-refractivity contribution in [2.24, 2.45) is 0 Å². The molecule has 114 valence electrons. The van der Waals surface area contributed by atoms with Crippen LogP contribution in [0.1, 0.15) is 30.0 Å². The smallest absolute Gasteiger partial charge is 0.289 e. The fourth-order valence-corrected chi connectivity index (χ4v) is 2.93. The van der Waals surface area contributed by atoms with Crippen molar-refractivity contribution in [2.75, 3.05) is 5.32 Å². The minimum atomic E-state index is -0.548. The molecule has 0 saturated heterocycles. The fraction of sp³-hybridized carbons (Fsp3) is 0.267. The van der Waals surface area contributed by atoms with Gasteiger partial charge in [0.25, 0.3) is 5.69 Å². The van der Waals surface area contributed by atoms with Crippen molar-refractivity contribution in [1.29, 1.82) is 0 Å². The maximum atomic E-state index is 13.5. The topological polar surface area (TPSA) is 68.1 Å². The second-order valence-corrected chi connectivity index (χ2v) is 5.62. The Balaban J connectivity index is 1.89. The zero-order chi connectivity index (χ0) is 15.7. The van der Waals surface area contributed by atoms with Crippen LogP contribution in [0.5, 0.6) is 0 Å². The maximum absolute atomic E-state index is 13.5. The Morgan fingerprint density at radius 3 is 2.95 bits per heavy atom. The second kappa shape index (κ2) is 5.88. The van der Waals surface area contributed by atoms with Crippen LogP contribution >= 0.6 is 11.6 Å². The lowest BCUT2D eigenvalue weighted by molar-refractivity contribution is -0.385. The first kappa shape index (κ1) is 14.7. The number of aromatic nitrogens is 1. The molecule has 1 unspecified atom stereocenters. The molecule has 0 bridgehead atoms. The molecule has 0 fully saturated rings. The van der Waals surface area contributed by atoms with E-state index in [9.17, 15) is 14.5 Å². The molecule has 0 spiro atoms. The average Bonchev–Trinajstić information content (AvgIpc) is 2.49. The Morgan fingerprint density at radius 2 is 2.23 bits per heavy atom. The lowest BCUT2D eigenvalue weighted by Gasteiger charge is -2.27. The Morgan fingerprint density at radius 1 is 1.41 bits per heavy atom. The molecular formula is C15H13ClFN3O2. The van der Waals surface area contributed by atoms with Crippen LogP contribution in [0.25, 0.3) is 0 Å². The van der Waals surface area contributed by atoms with Gasteiger partial charge >= 0.3 is 0 Å². The van der Waals surface area contributed by atoms with Crippen LogP contribution < -0.4 is 5.32 Å². The molecule has 1 aromatic carbocycles. The molecule has 1 aliphatic carbocycles. The van der Waals surface area contributed by atoms with Crippen molar-refractivity contribution in [3.8, 4) is 0 Å². The normalized spacial score (nSPS) is 16.9. The molecule has 1 atom stereocenters. The summed E-state index contributed by atoms with van der Waals surface area (Å²) in [6, 6.07) is 5.92. The highest BCUT2D eigenvalue weighted by Gasteiger charge is 2.22. The van der Waals surface area contributed by atoms with E-state index in [0.717, 1.165) is 36.6 Å². The summed E-state index contributed by atoms with van der Waals surface area (Å²) in [7, 11) is 0. The molecule has 22 heavy (non-hydrogen) atoms. The van der Waals surface area contributed by atoms with Gasteiger partial charge in [-0.2, -0.15) is 0 Å². The monoisotopic (exact) mass is 321 g/mol. The lowest BCUT2D eigenvalue weighted by Crippen LogP contribution is -2.18. The summed E-state index contributed by atoms with van der Waals surface area (Å²) in [6.45, 7) is 0. The standard InChI is InChI=1S/C15H13ClFN3O2/c16-13-7-11(20(21)22)8-18-15(13)19-14-3-1-2-9-4-5-10(17)6-12(9)14/h4-8,14H,1-3H2,(H,18,19). The highest BCUT2D eigenvalue weighted by Crippen LogP contribution is 2.34. The predicted octanol–water partition coefficient (Wildman–Crippen LogP) is 4.27. The van der Waals surface area contributed by atoms with E-state index in [-0.39, 0.29) is 22.6 Å². The molecule has 1 N–H and O–H groups in total. The number of nitrogens with one attached hydrogen (secondary N) is 1. The summed E-state index contributed by atoms with van der Waals surface area (Å²) in [5.41, 5.74) is 1.83. The maximum Gasteiger partial charge on any atom is 0.289 e. The zero-order valence-corrected chi connectivity index (χ0v) is 12.3. The molecule has 1 aliphatic rings. The van der Waals surface area contributed by atoms with Crippen molar-refractivity contribution in [2.45, 2.75) is 25.3 Å². The molecular weight excluding hydrogens is 309 g/mol. The van der Waals surface area contributed by atoms with E-state index in [4.69, 9.17) is 11.6 Å². The van der Waals surface area contributed by atoms with Gasteiger partial charge in [0.2, 0.25) is 0 Å². The molecule has 1 aromatic heterocycles. The second-order valence-electron chi connectivity index (χ2n) is 5.21. The molecule has 5 nitrogen and oxygen atoms in total. The van der Waals surface area contributed by atoms with Crippen molar-refractivity contribution in [3.63, 3.8) is 0 Å². The van der Waals surface area contributed by atoms with Gasteiger partial charge in [0.1, 0.15) is 17.8 Å². The van der Waals surface area contributed by atoms with E-state index in [1.54, 1.807) is 6.07 Å². The number of rotatable bonds is 3. The van der Waals surface area contributed by atoms with Gasteiger partial charge < -0.3 is 5.32 Å². The highest BCUT2D eigenvalue weighted by atomic mass is 35.5. The number of pyridine rings is 1. The van der Waals surface area contributed by atoms with Crippen LogP contribution in [0, 0.1) is 15.9 Å². The van der Waals surface area contributed by atoms with E-state index in [0.29, 0.717) is 5.82 Å². The van der Waals surface area contributed by atoms with Gasteiger partial charge in [-0.25, -0.2) is 9.37 Å². The average molecular weight is 322 g/mol. The largest absolute Gasteiger partial charge is 0.362 e. The number of hydrogen-bond donors (Lipinski definition) is 1. The predicted molar refractivity (Wildman–Crippen MR) is 81.6 cm³/mol. The highest BCUT2D eigenvalue weighted by molar-refractivity contribution is 6.33. The summed E-state index contributed by atoms with van der Waals surface area (Å²) in [6.07, 6.45) is 3.87. The van der Waals surface area contributed by atoms with Crippen LogP contribution in [0.15, 0.2) is 30.5 Å². The number of benzene rings is 1. The summed E-state index contributed by atoms with van der Waals surface area (Å²) < 4.78 is 13.5. The Kier molecular flexibility index (Phi) is 3.94. The molecule has 1 heterocycles. The van der Waals surface area contributed by atoms with Crippen LogP contribution in [0.3, 0.4) is 0 Å². The molecule has 0 amide bonds. The van der Waals surface area contributed by atoms with Crippen LogP contribution in [-0.2, 0) is 6.42 Å². The fourth-order valence-electron chi connectivity index (χ4n) is 2.72. The number of anilines is 1. The van der Waals surface area contributed by atoms with E-state index in [1.807, 2.05) is 0 Å². The van der Waals surface area contributed by atoms with Gasteiger partial charge in [-0.15, -0.1) is 0 Å². The number of hydrogen-bond acceptors (Lipinski definition) is 4. The third-order valence-corrected chi connectivity index (χ3v) is 4.06. The number of fused-ring (bicyclic) bond motifs is 1. The minimum Gasteiger partial charge on any atom is -0.362 e. The summed E-state index contributed by atoms with van der Waals surface area (Å²) >= 11 is 6.05. The Labute approximate surface area is 131 Å². The van der Waals surface area contributed by atoms with Gasteiger partial charge in [0, 0.05) is 6.07 Å². The first-order chi connectivity index (χ1) is 10.5. The van der Waals surface area contributed by atoms with E-state index in [1.165, 1.54) is 18.2 Å². The minimum absolute atomic E-state index is 0.106. The van der Waals surface area contributed by atoms with Crippen molar-refractivity contribution in [1.82, 2.24) is 4.98 Å². The quantitative estimate of drug-likeness (QED) is 0.677. The first-order valence-corrected chi connectivity index (χ1v) is 7.27. The number of nitrogens with zero attached hydrogens (tertiary/aromatic N) is 2. The molecule has 2 aromatic rings. The van der Waals surface area contributed by atoms with E-state index >= 15 is 0 Å². The number of aryl methyl sites for hydroxylation is 1. The number of halogens is 2. The SMILES string of the molecule is O=[N+]([O-])c1cnc(NC2CCCc3ccc(F)cc32)c(Cl)c1. The van der Waals surface area contributed by atoms with Gasteiger partial charge in [-0.3, -0.25) is 10.1 Å². The molecule has 3 rings (SSSR count). The third kappa shape index (κ3) is 2.87. The van der Waals surface area contributed by atoms with Gasteiger partial charge in [-0.05, 0) is 42.5 Å². The molecule has 7 heteroatoms. The summed E-state index contributed by atoms with van der Waals surface area (Å²) in [5, 5.41) is 14.0. The van der Waals surface area contributed by atoms with Crippen LogP contribution in [-0.4, -0.2) is 9.91 Å². The lowest BCUT2D eigenvalue weighted by atomic mass is 9.87. The zero-order valence-electron chi connectivity index (χ0n) is 11.6. The first-order valence-electron chi connectivity index (χ1n) is 6.89. The molecule has 0 radical (unpaired) electrons. The molecule has 0 saturated carbocycles. The van der Waals surface area contributed by atoms with Crippen LogP contribution in [0.2, 0.25) is 5.02 Å². The van der Waals surface area contributed by atoms with Gasteiger partial charge in [-0.1, -0.05) is 17.7 Å². The summed E-state index contributed by atoms with van der Waals surface area (Å²) in [4.78, 5) is 14.2. The van der Waals surface area contributed by atoms with E-state index in [2.05, 4.69) is 10.3 Å². The van der Waals surface area contributed by atoms with Gasteiger partial charge in [0.15, 0.2) is 0 Å². The molecule has 0 aliphatic heterocycles. The van der Waals surface area contributed by atoms with Crippen molar-refractivity contribution in [3.05, 3.63) is 62.5 Å². The van der Waals surface area contributed by atoms with Crippen molar-refractivity contribution < 1.29 is 9.31 Å². The Hall–Kier alpha value is -2.21. The number of nitro groups is 1. The van der Waals surface area contributed by atoms with E-state index < -0.39 is 4.92 Å². The van der Waals surface area contributed by atoms with Crippen molar-refractivity contribution >= 4 is 23.1 Å². The Bertz CT molecular complexity index is 739. The van der Waals surface area contributed by atoms with Gasteiger partial charge in [0.05, 0.1) is 16.0 Å². The van der Waals surface area contributed by atoms with Crippen LogP contribution in [0.4, 0.5) is 15.9 Å².